The third-order valence-corrected chi connectivity index (χ3v) is 2.93. The lowest BCUT2D eigenvalue weighted by Gasteiger charge is -1.89. The molecule has 0 fully saturated rings. The van der Waals surface area contributed by atoms with Gasteiger partial charge in [0.15, 0.2) is 0 Å². The van der Waals surface area contributed by atoms with Gasteiger partial charge in [-0.2, -0.15) is 16.8 Å². The van der Waals surface area contributed by atoms with E-state index in [0.29, 0.717) is 0 Å². The second-order valence-corrected chi connectivity index (χ2v) is 5.81. The highest BCUT2D eigenvalue weighted by Gasteiger charge is 2.13. The summed E-state index contributed by atoms with van der Waals surface area (Å²) in [7, 11) is 0.272. The Balaban J connectivity index is 0. The zero-order chi connectivity index (χ0) is 7.71. The first-order valence-electron chi connectivity index (χ1n) is 1.38. The summed E-state index contributed by atoms with van der Waals surface area (Å²) in [6.45, 7) is 0. The molecule has 6 nitrogen and oxygen atoms in total. The molecule has 0 aromatic rings. The molecule has 0 unspecified atom stereocenters. The molecule has 4 N–H and O–H groups in total. The third kappa shape index (κ3) is 11.2. The Morgan fingerprint density at radius 2 is 1.10 bits per heavy atom. The maximum Gasteiger partial charge on any atom is 0.311 e. The van der Waals surface area contributed by atoms with Gasteiger partial charge in [0.1, 0.15) is 0 Å². The van der Waals surface area contributed by atoms with Crippen molar-refractivity contribution in [3.63, 3.8) is 0 Å². The van der Waals surface area contributed by atoms with Crippen molar-refractivity contribution in [2.24, 2.45) is 0 Å². The topological polar surface area (TPSA) is 115 Å². The van der Waals surface area contributed by atoms with Crippen LogP contribution >= 0.6 is 21.4 Å². The number of hydrogen-bond acceptors (Lipinski definition) is 5. The summed E-state index contributed by atoms with van der Waals surface area (Å²) in [6, 6.07) is 0. The summed E-state index contributed by atoms with van der Waals surface area (Å²) in [5.41, 5.74) is 0. The zero-order valence-electron chi connectivity index (χ0n) is 4.41. The first-order chi connectivity index (χ1) is 3.71. The van der Waals surface area contributed by atoms with Gasteiger partial charge in [0.25, 0.3) is 0 Å². The highest BCUT2D eigenvalue weighted by Crippen LogP contribution is 1.97. The van der Waals surface area contributed by atoms with Gasteiger partial charge in [-0.1, -0.05) is 4.13 Å². The molecule has 0 aliphatic carbocycles. The van der Waals surface area contributed by atoms with Gasteiger partial charge in [-0.15, -0.1) is 0 Å². The molecule has 0 aromatic heterocycles. The Labute approximate surface area is 67.2 Å². The molecule has 0 rings (SSSR count). The molecule has 10 heteroatoms. The van der Waals surface area contributed by atoms with E-state index in [-0.39, 0.29) is 6.15 Å². The normalized spacial score (nSPS) is 12.2. The molecule has 0 spiro atoms. The van der Waals surface area contributed by atoms with Crippen LogP contribution in [0.25, 0.3) is 0 Å². The van der Waals surface area contributed by atoms with E-state index in [1.165, 1.54) is 0 Å². The predicted molar refractivity (Wildman–Crippen MR) is 37.7 cm³/mol. The SMILES string of the molecule is N.O=S(=O)(Cl)NS(=O)(=O)Cl. The van der Waals surface area contributed by atoms with Crippen molar-refractivity contribution in [2.75, 3.05) is 0 Å². The quantitative estimate of drug-likeness (QED) is 0.633. The Morgan fingerprint density at radius 3 is 1.10 bits per heavy atom. The maximum absolute atomic E-state index is 9.84. The van der Waals surface area contributed by atoms with Crippen LogP contribution in [0.15, 0.2) is 0 Å². The number of halogens is 2. The number of hydrogen-bond donors (Lipinski definition) is 2. The molecule has 0 aromatic carbocycles. The molecule has 0 saturated heterocycles. The minimum absolute atomic E-state index is 0. The minimum Gasteiger partial charge on any atom is -0.344 e. The lowest BCUT2D eigenvalue weighted by Crippen LogP contribution is -2.21. The molecule has 0 atom stereocenters. The molecule has 0 saturated carbocycles. The summed E-state index contributed by atoms with van der Waals surface area (Å²) in [5, 5.41) is 0. The van der Waals surface area contributed by atoms with E-state index < -0.39 is 18.5 Å². The molecule has 0 bridgehead atoms. The largest absolute Gasteiger partial charge is 0.344 e. The van der Waals surface area contributed by atoms with Gasteiger partial charge in [-0.25, -0.2) is 0 Å². The summed E-state index contributed by atoms with van der Waals surface area (Å²) >= 11 is 0. The van der Waals surface area contributed by atoms with Crippen molar-refractivity contribution in [3.05, 3.63) is 0 Å². The summed E-state index contributed by atoms with van der Waals surface area (Å²) in [4.78, 5) is 0. The van der Waals surface area contributed by atoms with Gasteiger partial charge < -0.3 is 6.15 Å². The molecule has 10 heavy (non-hydrogen) atoms. The summed E-state index contributed by atoms with van der Waals surface area (Å²) in [6.07, 6.45) is 0. The monoisotopic (exact) mass is 230 g/mol. The van der Waals surface area contributed by atoms with E-state index in [4.69, 9.17) is 0 Å². The van der Waals surface area contributed by atoms with E-state index >= 15 is 0 Å². The Hall–Kier alpha value is 0.400. The standard InChI is InChI=1S/Cl2HNO4S2.H3N/c1-8(4,5)3-9(2,6)7;/h3H;1H3. The fraction of sp³-hybridized carbons (Fsp3) is 0. The second kappa shape index (κ2) is 3.69. The highest BCUT2D eigenvalue weighted by molar-refractivity contribution is 8.25. The first kappa shape index (κ1) is 13.0. The smallest absolute Gasteiger partial charge is 0.311 e. The minimum atomic E-state index is -4.28. The van der Waals surface area contributed by atoms with Crippen LogP contribution in [-0.4, -0.2) is 16.8 Å². The predicted octanol–water partition coefficient (Wildman–Crippen LogP) is -0.295. The van der Waals surface area contributed by atoms with Crippen LogP contribution in [0.2, 0.25) is 0 Å². The molecular formula is H4Cl2N2O4S2. The molecule has 0 aliphatic heterocycles. The Kier molecular flexibility index (Phi) is 4.81. The van der Waals surface area contributed by atoms with E-state index in [9.17, 15) is 16.8 Å². The molecule has 0 aliphatic rings. The van der Waals surface area contributed by atoms with Crippen LogP contribution in [0.1, 0.15) is 0 Å². The second-order valence-electron chi connectivity index (χ2n) is 0.959. The van der Waals surface area contributed by atoms with Crippen molar-refractivity contribution in [1.82, 2.24) is 10.3 Å². The van der Waals surface area contributed by atoms with Gasteiger partial charge in [-0.3, -0.25) is 0 Å². The third-order valence-electron chi connectivity index (χ3n) is 0.199. The number of rotatable bonds is 2. The van der Waals surface area contributed by atoms with Crippen molar-refractivity contribution >= 4 is 39.8 Å². The average Bonchev–Trinajstić information content (AvgIpc) is 1.14. The molecule has 0 amide bonds. The van der Waals surface area contributed by atoms with Crippen molar-refractivity contribution < 1.29 is 16.8 Å². The van der Waals surface area contributed by atoms with Crippen molar-refractivity contribution in [1.29, 1.82) is 0 Å². The summed E-state index contributed by atoms with van der Waals surface area (Å²) in [5.74, 6) is 0. The Bertz CT molecular complexity index is 244. The van der Waals surface area contributed by atoms with Crippen LogP contribution in [-0.2, 0) is 18.5 Å². The van der Waals surface area contributed by atoms with Crippen LogP contribution in [0, 0.1) is 0 Å². The van der Waals surface area contributed by atoms with Gasteiger partial charge >= 0.3 is 18.5 Å². The van der Waals surface area contributed by atoms with E-state index in [1.54, 1.807) is 0 Å². The fourth-order valence-electron chi connectivity index (χ4n) is 0.119. The van der Waals surface area contributed by atoms with E-state index in [0.717, 1.165) is 4.13 Å². The first-order valence-corrected chi connectivity index (χ1v) is 6.00. The van der Waals surface area contributed by atoms with Gasteiger partial charge in [0.2, 0.25) is 0 Å². The van der Waals surface area contributed by atoms with Crippen LogP contribution in [0.3, 0.4) is 0 Å². The average molecular weight is 231 g/mol. The van der Waals surface area contributed by atoms with Gasteiger partial charge in [0.05, 0.1) is 0 Å². The van der Waals surface area contributed by atoms with E-state index in [2.05, 4.69) is 21.4 Å². The van der Waals surface area contributed by atoms with Crippen LogP contribution in [0.5, 0.6) is 0 Å². The fourth-order valence-corrected chi connectivity index (χ4v) is 2.85. The highest BCUT2D eigenvalue weighted by atomic mass is 35.7. The molecular weight excluding hydrogens is 227 g/mol. The van der Waals surface area contributed by atoms with Gasteiger partial charge in [-0.05, 0) is 0 Å². The van der Waals surface area contributed by atoms with Crippen LogP contribution < -0.4 is 10.3 Å². The van der Waals surface area contributed by atoms with Crippen LogP contribution in [0.4, 0.5) is 0 Å². The maximum atomic E-state index is 9.84. The van der Waals surface area contributed by atoms with Gasteiger partial charge in [0, 0.05) is 21.4 Å². The van der Waals surface area contributed by atoms with Crippen molar-refractivity contribution in [2.45, 2.75) is 0 Å². The lowest BCUT2D eigenvalue weighted by atomic mass is 13.9. The van der Waals surface area contributed by atoms with E-state index in [1.807, 2.05) is 0 Å². The molecule has 0 radical (unpaired) electrons. The molecule has 0 heterocycles. The zero-order valence-corrected chi connectivity index (χ0v) is 7.56. The lowest BCUT2D eigenvalue weighted by molar-refractivity contribution is 0.593. The Morgan fingerprint density at radius 1 is 0.900 bits per heavy atom. The summed E-state index contributed by atoms with van der Waals surface area (Å²) < 4.78 is 40.3. The molecule has 64 valence electrons. The van der Waals surface area contributed by atoms with Crippen molar-refractivity contribution in [3.8, 4) is 0 Å². The number of nitrogens with one attached hydrogen (secondary N) is 1.